The Labute approximate surface area is 122 Å². The maximum atomic E-state index is 12.6. The fourth-order valence-electron chi connectivity index (χ4n) is 1.41. The van der Waals surface area contributed by atoms with Gasteiger partial charge in [-0.05, 0) is 13.8 Å². The number of aromatic nitrogens is 4. The highest BCUT2D eigenvalue weighted by atomic mass is 32.1. The van der Waals surface area contributed by atoms with E-state index in [0.29, 0.717) is 24.5 Å². The SMILES string of the molecule is CCNc1nc(OCC)nc(-c2cnc(C(F)(F)F)s2)n1. The molecule has 21 heavy (non-hydrogen) atoms. The zero-order chi connectivity index (χ0) is 15.5. The predicted molar refractivity (Wildman–Crippen MR) is 71.3 cm³/mol. The predicted octanol–water partition coefficient (Wildman–Crippen LogP) is 2.84. The topological polar surface area (TPSA) is 72.8 Å². The van der Waals surface area contributed by atoms with Crippen molar-refractivity contribution >= 4 is 17.3 Å². The van der Waals surface area contributed by atoms with Gasteiger partial charge in [-0.2, -0.15) is 28.1 Å². The first-order chi connectivity index (χ1) is 9.94. The van der Waals surface area contributed by atoms with E-state index in [-0.39, 0.29) is 22.7 Å². The molecule has 0 fully saturated rings. The maximum Gasteiger partial charge on any atom is 0.443 e. The quantitative estimate of drug-likeness (QED) is 0.913. The third-order valence-corrected chi connectivity index (χ3v) is 3.23. The Morgan fingerprint density at radius 3 is 2.57 bits per heavy atom. The zero-order valence-electron chi connectivity index (χ0n) is 11.2. The first kappa shape index (κ1) is 15.4. The third-order valence-electron chi connectivity index (χ3n) is 2.19. The maximum absolute atomic E-state index is 12.6. The Kier molecular flexibility index (Phi) is 4.56. The number of rotatable bonds is 5. The molecule has 1 N–H and O–H groups in total. The van der Waals surface area contributed by atoms with Gasteiger partial charge in [-0.15, -0.1) is 11.3 Å². The van der Waals surface area contributed by atoms with Crippen LogP contribution in [0.3, 0.4) is 0 Å². The summed E-state index contributed by atoms with van der Waals surface area (Å²) in [4.78, 5) is 15.6. The normalized spacial score (nSPS) is 11.5. The van der Waals surface area contributed by atoms with Gasteiger partial charge in [0.25, 0.3) is 0 Å². The van der Waals surface area contributed by atoms with Crippen LogP contribution in [-0.4, -0.2) is 33.1 Å². The van der Waals surface area contributed by atoms with Crippen LogP contribution < -0.4 is 10.1 Å². The van der Waals surface area contributed by atoms with E-state index in [1.165, 1.54) is 0 Å². The lowest BCUT2D eigenvalue weighted by Gasteiger charge is -2.06. The average molecular weight is 319 g/mol. The smallest absolute Gasteiger partial charge is 0.443 e. The molecule has 0 radical (unpaired) electrons. The molecule has 0 unspecified atom stereocenters. The van der Waals surface area contributed by atoms with Gasteiger partial charge in [-0.3, -0.25) is 0 Å². The van der Waals surface area contributed by atoms with E-state index in [1.54, 1.807) is 6.92 Å². The average Bonchev–Trinajstić information content (AvgIpc) is 2.88. The van der Waals surface area contributed by atoms with Crippen LogP contribution in [0.5, 0.6) is 6.01 Å². The van der Waals surface area contributed by atoms with Crippen molar-refractivity contribution in [2.75, 3.05) is 18.5 Å². The summed E-state index contributed by atoms with van der Waals surface area (Å²) in [6.07, 6.45) is -3.39. The standard InChI is InChI=1S/C11H12F3N5OS/c1-3-15-9-17-7(18-10(19-9)20-4-2)6-5-16-8(21-6)11(12,13)14/h5H,3-4H2,1-2H3,(H,15,17,18,19). The third kappa shape index (κ3) is 3.78. The molecule has 0 atom stereocenters. The monoisotopic (exact) mass is 319 g/mol. The molecular weight excluding hydrogens is 307 g/mol. The minimum atomic E-state index is -4.48. The molecule has 6 nitrogen and oxygen atoms in total. The number of hydrogen-bond donors (Lipinski definition) is 1. The first-order valence-corrected chi connectivity index (χ1v) is 6.91. The lowest BCUT2D eigenvalue weighted by atomic mass is 10.5. The molecule has 2 heterocycles. The second-order valence-electron chi connectivity index (χ2n) is 3.76. The number of nitrogens with one attached hydrogen (secondary N) is 1. The van der Waals surface area contributed by atoms with Gasteiger partial charge < -0.3 is 10.1 Å². The fourth-order valence-corrected chi connectivity index (χ4v) is 2.12. The molecule has 10 heteroatoms. The van der Waals surface area contributed by atoms with Crippen LogP contribution in [-0.2, 0) is 6.18 Å². The highest BCUT2D eigenvalue weighted by molar-refractivity contribution is 7.15. The van der Waals surface area contributed by atoms with E-state index in [2.05, 4.69) is 25.3 Å². The van der Waals surface area contributed by atoms with Crippen molar-refractivity contribution in [2.24, 2.45) is 0 Å². The molecule has 0 aliphatic heterocycles. The molecule has 2 aromatic rings. The van der Waals surface area contributed by atoms with Gasteiger partial charge in [0.1, 0.15) is 0 Å². The number of thiazole rings is 1. The Morgan fingerprint density at radius 1 is 1.24 bits per heavy atom. The van der Waals surface area contributed by atoms with Gasteiger partial charge in [-0.25, -0.2) is 4.98 Å². The van der Waals surface area contributed by atoms with Crippen molar-refractivity contribution in [1.82, 2.24) is 19.9 Å². The van der Waals surface area contributed by atoms with Crippen LogP contribution in [0.1, 0.15) is 18.9 Å². The summed E-state index contributed by atoms with van der Waals surface area (Å²) < 4.78 is 42.9. The largest absolute Gasteiger partial charge is 0.464 e. The number of nitrogens with zero attached hydrogens (tertiary/aromatic N) is 4. The van der Waals surface area contributed by atoms with Gasteiger partial charge >= 0.3 is 12.2 Å². The summed E-state index contributed by atoms with van der Waals surface area (Å²) in [6.45, 7) is 4.50. The Hall–Kier alpha value is -1.97. The summed E-state index contributed by atoms with van der Waals surface area (Å²) in [5.74, 6) is 0.338. The van der Waals surface area contributed by atoms with Crippen molar-refractivity contribution < 1.29 is 17.9 Å². The van der Waals surface area contributed by atoms with E-state index >= 15 is 0 Å². The van der Waals surface area contributed by atoms with Crippen LogP contribution >= 0.6 is 11.3 Å². The molecule has 0 amide bonds. The summed E-state index contributed by atoms with van der Waals surface area (Å²) in [5.41, 5.74) is 0. The molecule has 2 rings (SSSR count). The van der Waals surface area contributed by atoms with Crippen molar-refractivity contribution in [2.45, 2.75) is 20.0 Å². The van der Waals surface area contributed by atoms with Crippen LogP contribution in [0, 0.1) is 0 Å². The number of hydrogen-bond acceptors (Lipinski definition) is 7. The van der Waals surface area contributed by atoms with Gasteiger partial charge in [0, 0.05) is 12.7 Å². The highest BCUT2D eigenvalue weighted by Crippen LogP contribution is 2.35. The van der Waals surface area contributed by atoms with Crippen molar-refractivity contribution in [1.29, 1.82) is 0 Å². The Bertz CT molecular complexity index is 592. The molecule has 2 aromatic heterocycles. The second-order valence-corrected chi connectivity index (χ2v) is 4.79. The van der Waals surface area contributed by atoms with Crippen LogP contribution in [0.2, 0.25) is 0 Å². The Morgan fingerprint density at radius 2 is 2.00 bits per heavy atom. The Balaban J connectivity index is 2.39. The van der Waals surface area contributed by atoms with Gasteiger partial charge in [0.2, 0.25) is 5.95 Å². The van der Waals surface area contributed by atoms with E-state index in [9.17, 15) is 13.2 Å². The van der Waals surface area contributed by atoms with Crippen LogP contribution in [0.15, 0.2) is 6.20 Å². The lowest BCUT2D eigenvalue weighted by molar-refractivity contribution is -0.137. The summed E-state index contributed by atoms with van der Waals surface area (Å²) in [5, 5.41) is 1.93. The van der Waals surface area contributed by atoms with Gasteiger partial charge in [-0.1, -0.05) is 0 Å². The fraction of sp³-hybridized carbons (Fsp3) is 0.455. The summed E-state index contributed by atoms with van der Waals surface area (Å²) >= 11 is 0.474. The van der Waals surface area contributed by atoms with Crippen molar-refractivity contribution in [3.8, 4) is 16.7 Å². The molecule has 114 valence electrons. The van der Waals surface area contributed by atoms with Crippen molar-refractivity contribution in [3.63, 3.8) is 0 Å². The molecular formula is C11H12F3N5OS. The van der Waals surface area contributed by atoms with E-state index in [1.807, 2.05) is 6.92 Å². The minimum Gasteiger partial charge on any atom is -0.464 e. The second kappa shape index (κ2) is 6.20. The first-order valence-electron chi connectivity index (χ1n) is 6.10. The van der Waals surface area contributed by atoms with E-state index in [0.717, 1.165) is 6.20 Å². The molecule has 0 aliphatic rings. The highest BCUT2D eigenvalue weighted by Gasteiger charge is 2.35. The number of halogens is 3. The van der Waals surface area contributed by atoms with Gasteiger partial charge in [0.15, 0.2) is 10.8 Å². The van der Waals surface area contributed by atoms with E-state index < -0.39 is 11.2 Å². The van der Waals surface area contributed by atoms with Crippen LogP contribution in [0.4, 0.5) is 19.1 Å². The summed E-state index contributed by atoms with van der Waals surface area (Å²) in [7, 11) is 0. The summed E-state index contributed by atoms with van der Waals surface area (Å²) in [6, 6.07) is 0.0559. The molecule has 0 bridgehead atoms. The van der Waals surface area contributed by atoms with Gasteiger partial charge in [0.05, 0.1) is 11.5 Å². The minimum absolute atomic E-state index is 0.0559. The molecule has 0 saturated heterocycles. The number of alkyl halides is 3. The lowest BCUT2D eigenvalue weighted by Crippen LogP contribution is -2.07. The number of ether oxygens (including phenoxy) is 1. The molecule has 0 saturated carbocycles. The molecule has 0 aliphatic carbocycles. The zero-order valence-corrected chi connectivity index (χ0v) is 12.0. The van der Waals surface area contributed by atoms with E-state index in [4.69, 9.17) is 4.74 Å². The number of anilines is 1. The molecule has 0 spiro atoms. The molecule has 0 aromatic carbocycles. The van der Waals surface area contributed by atoms with Crippen molar-refractivity contribution in [3.05, 3.63) is 11.2 Å². The van der Waals surface area contributed by atoms with Crippen LogP contribution in [0.25, 0.3) is 10.7 Å².